The summed E-state index contributed by atoms with van der Waals surface area (Å²) >= 11 is 4.78. The standard InChI is InChI=1S/C22H24I2O2/c1-5-15-8-21(24)17(7-18(15)13(3)25)11-22(14(4)26)10-16-9-20(23)12(2)6-19(16)22/h6,8-9,17H,5,7,10-11H2,1-4H3/t17-,22?/m1/s1. The Hall–Kier alpha value is -0.500. The zero-order valence-corrected chi connectivity index (χ0v) is 20.0. The van der Waals surface area contributed by atoms with E-state index in [1.165, 1.54) is 23.8 Å². The molecule has 0 spiro atoms. The molecule has 138 valence electrons. The molecule has 2 aliphatic rings. The Morgan fingerprint density at radius 1 is 1.23 bits per heavy atom. The van der Waals surface area contributed by atoms with Crippen LogP contribution in [0.15, 0.2) is 32.9 Å². The van der Waals surface area contributed by atoms with Crippen LogP contribution in [0.5, 0.6) is 0 Å². The second-order valence-corrected chi connectivity index (χ2v) is 10.0. The van der Waals surface area contributed by atoms with Crippen LogP contribution in [-0.4, -0.2) is 11.6 Å². The fourth-order valence-corrected chi connectivity index (χ4v) is 5.74. The smallest absolute Gasteiger partial charge is 0.156 e. The van der Waals surface area contributed by atoms with E-state index in [0.717, 1.165) is 36.8 Å². The van der Waals surface area contributed by atoms with Gasteiger partial charge in [0, 0.05) is 3.57 Å². The summed E-state index contributed by atoms with van der Waals surface area (Å²) < 4.78 is 2.54. The summed E-state index contributed by atoms with van der Waals surface area (Å²) in [4.78, 5) is 24.8. The van der Waals surface area contributed by atoms with E-state index in [2.05, 4.69) is 77.2 Å². The van der Waals surface area contributed by atoms with Gasteiger partial charge in [0.05, 0.1) is 5.41 Å². The van der Waals surface area contributed by atoms with E-state index in [0.29, 0.717) is 0 Å². The van der Waals surface area contributed by atoms with Gasteiger partial charge in [-0.1, -0.05) is 13.0 Å². The van der Waals surface area contributed by atoms with Gasteiger partial charge in [-0.15, -0.1) is 0 Å². The van der Waals surface area contributed by atoms with Crippen LogP contribution in [-0.2, 0) is 21.4 Å². The quantitative estimate of drug-likeness (QED) is 0.404. The predicted octanol–water partition coefficient (Wildman–Crippen LogP) is 6.01. The number of hydrogen-bond donors (Lipinski definition) is 0. The number of hydrogen-bond acceptors (Lipinski definition) is 2. The van der Waals surface area contributed by atoms with Crippen LogP contribution in [0.25, 0.3) is 0 Å². The summed E-state index contributed by atoms with van der Waals surface area (Å²) in [5.74, 6) is 0.675. The average Bonchev–Trinajstić information content (AvgIpc) is 2.57. The van der Waals surface area contributed by atoms with Gasteiger partial charge >= 0.3 is 0 Å². The van der Waals surface area contributed by atoms with E-state index >= 15 is 0 Å². The molecule has 0 saturated carbocycles. The summed E-state index contributed by atoms with van der Waals surface area (Å²) in [6.45, 7) is 7.61. The molecule has 3 rings (SSSR count). The maximum atomic E-state index is 12.7. The third-order valence-corrected chi connectivity index (χ3v) is 8.36. The number of aryl methyl sites for hydroxylation is 1. The molecule has 0 fully saturated rings. The molecule has 2 aliphatic carbocycles. The van der Waals surface area contributed by atoms with E-state index in [1.54, 1.807) is 13.8 Å². The number of fused-ring (bicyclic) bond motifs is 1. The van der Waals surface area contributed by atoms with Crippen LogP contribution in [0.2, 0.25) is 0 Å². The molecule has 0 radical (unpaired) electrons. The van der Waals surface area contributed by atoms with Gasteiger partial charge in [0.1, 0.15) is 5.78 Å². The zero-order chi connectivity index (χ0) is 19.2. The molecule has 0 N–H and O–H groups in total. The van der Waals surface area contributed by atoms with Crippen molar-refractivity contribution in [3.8, 4) is 0 Å². The minimum Gasteiger partial charge on any atom is -0.299 e. The maximum Gasteiger partial charge on any atom is 0.156 e. The highest BCUT2D eigenvalue weighted by atomic mass is 127. The lowest BCUT2D eigenvalue weighted by Crippen LogP contribution is -2.47. The molecular formula is C22H24I2O2. The molecule has 0 amide bonds. The number of rotatable bonds is 5. The molecular weight excluding hydrogens is 550 g/mol. The second kappa shape index (κ2) is 7.49. The van der Waals surface area contributed by atoms with Gasteiger partial charge in [-0.3, -0.25) is 9.59 Å². The Kier molecular flexibility index (Phi) is 5.83. The van der Waals surface area contributed by atoms with Crippen LogP contribution in [0, 0.1) is 16.4 Å². The van der Waals surface area contributed by atoms with Crippen molar-refractivity contribution in [3.63, 3.8) is 0 Å². The first-order valence-electron chi connectivity index (χ1n) is 9.10. The molecule has 0 aromatic heterocycles. The zero-order valence-electron chi connectivity index (χ0n) is 15.7. The van der Waals surface area contributed by atoms with Crippen molar-refractivity contribution < 1.29 is 9.59 Å². The van der Waals surface area contributed by atoms with Crippen LogP contribution < -0.4 is 0 Å². The minimum atomic E-state index is -0.384. The molecule has 1 aromatic rings. The number of carbonyl (C=O) groups excluding carboxylic acids is 2. The first kappa shape index (κ1) is 20.2. The van der Waals surface area contributed by atoms with Crippen LogP contribution in [0.4, 0.5) is 0 Å². The molecule has 2 nitrogen and oxygen atoms in total. The van der Waals surface area contributed by atoms with Gasteiger partial charge in [-0.2, -0.15) is 0 Å². The third-order valence-electron chi connectivity index (χ3n) is 6.01. The van der Waals surface area contributed by atoms with Crippen molar-refractivity contribution in [2.24, 2.45) is 5.92 Å². The van der Waals surface area contributed by atoms with Crippen molar-refractivity contribution in [2.45, 2.75) is 58.8 Å². The first-order chi connectivity index (χ1) is 12.2. The Labute approximate surface area is 183 Å². The Morgan fingerprint density at radius 2 is 1.92 bits per heavy atom. The summed E-state index contributed by atoms with van der Waals surface area (Å²) in [5.41, 5.74) is 5.49. The van der Waals surface area contributed by atoms with Crippen LogP contribution >= 0.6 is 45.2 Å². The first-order valence-corrected chi connectivity index (χ1v) is 11.3. The predicted molar refractivity (Wildman–Crippen MR) is 123 cm³/mol. The number of ketones is 2. The van der Waals surface area contributed by atoms with Crippen molar-refractivity contribution in [2.75, 3.05) is 0 Å². The lowest BCUT2D eigenvalue weighted by atomic mass is 9.57. The topological polar surface area (TPSA) is 34.1 Å². The monoisotopic (exact) mass is 574 g/mol. The summed E-state index contributed by atoms with van der Waals surface area (Å²) in [7, 11) is 0. The Bertz CT molecular complexity index is 863. The molecule has 2 atom stereocenters. The van der Waals surface area contributed by atoms with Gasteiger partial charge in [-0.25, -0.2) is 0 Å². The van der Waals surface area contributed by atoms with Crippen LogP contribution in [0.1, 0.15) is 56.7 Å². The van der Waals surface area contributed by atoms with E-state index in [1.807, 2.05) is 0 Å². The SMILES string of the molecule is CCC1=C(C(C)=O)C[C@H](CC2(C(C)=O)Cc3cc(I)c(C)cc32)C(I)=C1. The summed E-state index contributed by atoms with van der Waals surface area (Å²) in [6, 6.07) is 4.44. The second-order valence-electron chi connectivity index (χ2n) is 7.62. The summed E-state index contributed by atoms with van der Waals surface area (Å²) in [6.07, 6.45) is 5.46. The van der Waals surface area contributed by atoms with Gasteiger partial charge in [-0.05, 0) is 141 Å². The van der Waals surface area contributed by atoms with Crippen molar-refractivity contribution >= 4 is 56.7 Å². The Morgan fingerprint density at radius 3 is 2.50 bits per heavy atom. The van der Waals surface area contributed by atoms with Gasteiger partial charge in [0.2, 0.25) is 0 Å². The molecule has 1 aromatic carbocycles. The minimum absolute atomic E-state index is 0.170. The van der Waals surface area contributed by atoms with Crippen molar-refractivity contribution in [1.29, 1.82) is 0 Å². The van der Waals surface area contributed by atoms with E-state index in [-0.39, 0.29) is 22.9 Å². The van der Waals surface area contributed by atoms with Gasteiger partial charge in [0.25, 0.3) is 0 Å². The van der Waals surface area contributed by atoms with Crippen molar-refractivity contribution in [3.05, 3.63) is 53.2 Å². The van der Waals surface area contributed by atoms with Crippen LogP contribution in [0.3, 0.4) is 0 Å². The number of benzene rings is 1. The highest BCUT2D eigenvalue weighted by Gasteiger charge is 2.48. The van der Waals surface area contributed by atoms with Crippen molar-refractivity contribution in [1.82, 2.24) is 0 Å². The number of allylic oxidation sites excluding steroid dienone is 4. The molecule has 0 aliphatic heterocycles. The summed E-state index contributed by atoms with van der Waals surface area (Å²) in [5, 5.41) is 0. The fourth-order valence-electron chi connectivity index (χ4n) is 4.39. The lowest BCUT2D eigenvalue weighted by Gasteiger charge is -2.45. The van der Waals surface area contributed by atoms with Gasteiger partial charge < -0.3 is 0 Å². The molecule has 4 heteroatoms. The highest BCUT2D eigenvalue weighted by molar-refractivity contribution is 14.1. The highest BCUT2D eigenvalue weighted by Crippen LogP contribution is 2.51. The molecule has 26 heavy (non-hydrogen) atoms. The third kappa shape index (κ3) is 3.36. The molecule has 0 saturated heterocycles. The molecule has 1 unspecified atom stereocenters. The van der Waals surface area contributed by atoms with Gasteiger partial charge in [0.15, 0.2) is 5.78 Å². The van der Waals surface area contributed by atoms with E-state index < -0.39 is 0 Å². The number of Topliss-reactive ketones (excluding diaryl/α,β-unsaturated/α-hetero) is 2. The Balaban J connectivity index is 1.95. The fraction of sp³-hybridized carbons (Fsp3) is 0.455. The molecule has 0 bridgehead atoms. The normalized spacial score (nSPS) is 24.7. The van der Waals surface area contributed by atoms with E-state index in [4.69, 9.17) is 0 Å². The number of halogens is 2. The average molecular weight is 574 g/mol. The maximum absolute atomic E-state index is 12.7. The van der Waals surface area contributed by atoms with E-state index in [9.17, 15) is 9.59 Å². The lowest BCUT2D eigenvalue weighted by molar-refractivity contribution is -0.124. The molecule has 0 heterocycles. The largest absolute Gasteiger partial charge is 0.299 e. The number of carbonyl (C=O) groups is 2.